The van der Waals surface area contributed by atoms with Crippen molar-refractivity contribution in [2.24, 2.45) is 17.3 Å². The molecule has 3 aliphatic carbocycles. The molecule has 0 heterocycles. The van der Waals surface area contributed by atoms with E-state index >= 15 is 0 Å². The number of rotatable bonds is 0. The second-order valence-electron chi connectivity index (χ2n) is 5.23. The van der Waals surface area contributed by atoms with Gasteiger partial charge >= 0.3 is 0 Å². The highest BCUT2D eigenvalue weighted by molar-refractivity contribution is 5.92. The lowest BCUT2D eigenvalue weighted by atomic mass is 9.43. The van der Waals surface area contributed by atoms with E-state index in [1.807, 2.05) is 0 Å². The van der Waals surface area contributed by atoms with Crippen LogP contribution < -0.4 is 0 Å². The van der Waals surface area contributed by atoms with Gasteiger partial charge in [0, 0.05) is 11.8 Å². The maximum atomic E-state index is 11.8. The number of hydrogen-bond donors (Lipinski definition) is 0. The molecular formula is C12H18O. The van der Waals surface area contributed by atoms with E-state index in [0.717, 1.165) is 0 Å². The predicted octanol–water partition coefficient (Wildman–Crippen LogP) is 2.94. The summed E-state index contributed by atoms with van der Waals surface area (Å²) < 4.78 is 0. The second kappa shape index (κ2) is 2.59. The van der Waals surface area contributed by atoms with Gasteiger partial charge < -0.3 is 0 Å². The Labute approximate surface area is 79.9 Å². The van der Waals surface area contributed by atoms with E-state index in [1.165, 1.54) is 51.4 Å². The van der Waals surface area contributed by atoms with Crippen molar-refractivity contribution in [3.8, 4) is 0 Å². The fourth-order valence-electron chi connectivity index (χ4n) is 4.24. The van der Waals surface area contributed by atoms with Gasteiger partial charge in [0.15, 0.2) is 0 Å². The van der Waals surface area contributed by atoms with E-state index in [2.05, 4.69) is 0 Å². The van der Waals surface area contributed by atoms with Gasteiger partial charge in [-0.05, 0) is 31.1 Å². The van der Waals surface area contributed by atoms with Crippen LogP contribution in [0.3, 0.4) is 0 Å². The number of carbonyl (C=O) groups is 1. The van der Waals surface area contributed by atoms with E-state index in [1.54, 1.807) is 0 Å². The zero-order chi connectivity index (χ0) is 8.89. The van der Waals surface area contributed by atoms with Crippen LogP contribution in [0.4, 0.5) is 0 Å². The summed E-state index contributed by atoms with van der Waals surface area (Å²) in [5.74, 6) is 1.65. The van der Waals surface area contributed by atoms with Crippen molar-refractivity contribution in [2.75, 3.05) is 0 Å². The zero-order valence-corrected chi connectivity index (χ0v) is 8.22. The average molecular weight is 178 g/mol. The number of hydrogen-bond acceptors (Lipinski definition) is 1. The van der Waals surface area contributed by atoms with Gasteiger partial charge in [0.2, 0.25) is 0 Å². The summed E-state index contributed by atoms with van der Waals surface area (Å²) in [4.78, 5) is 11.8. The van der Waals surface area contributed by atoms with Crippen LogP contribution in [0.15, 0.2) is 0 Å². The Morgan fingerprint density at radius 2 is 1.46 bits per heavy atom. The van der Waals surface area contributed by atoms with Crippen molar-refractivity contribution in [3.63, 3.8) is 0 Å². The van der Waals surface area contributed by atoms with Crippen LogP contribution in [0.1, 0.15) is 51.4 Å². The lowest BCUT2D eigenvalue weighted by Gasteiger charge is -2.59. The first-order chi connectivity index (χ1) is 6.34. The Kier molecular flexibility index (Phi) is 1.59. The molecule has 1 nitrogen and oxygen atoms in total. The highest BCUT2D eigenvalue weighted by Gasteiger charge is 2.61. The van der Waals surface area contributed by atoms with Crippen LogP contribution in [0.2, 0.25) is 0 Å². The summed E-state index contributed by atoms with van der Waals surface area (Å²) in [5.41, 5.74) is 0.535. The molecule has 0 aliphatic heterocycles. The van der Waals surface area contributed by atoms with Crippen LogP contribution >= 0.6 is 0 Å². The summed E-state index contributed by atoms with van der Waals surface area (Å²) >= 11 is 0. The Morgan fingerprint density at radius 3 is 2.00 bits per heavy atom. The highest BCUT2D eigenvalue weighted by Crippen LogP contribution is 2.63. The molecule has 0 N–H and O–H groups in total. The first kappa shape index (κ1) is 8.02. The Bertz CT molecular complexity index is 220. The summed E-state index contributed by atoms with van der Waals surface area (Å²) in [6, 6.07) is 0. The summed E-state index contributed by atoms with van der Waals surface area (Å²) in [6.07, 6.45) is 10.6. The fraction of sp³-hybridized carbons (Fsp3) is 0.917. The Morgan fingerprint density at radius 1 is 0.923 bits per heavy atom. The van der Waals surface area contributed by atoms with Gasteiger partial charge in [0.05, 0.1) is 0 Å². The van der Waals surface area contributed by atoms with Crippen LogP contribution in [-0.2, 0) is 4.79 Å². The van der Waals surface area contributed by atoms with Crippen molar-refractivity contribution in [3.05, 3.63) is 0 Å². The standard InChI is InChI=1S/C12H18O/c13-11-9-5-1-3-7-12(9)8-4-2-6-10(11)12/h9-10H,1-8H2/t9-,10-,12?/m1/s1. The fourth-order valence-corrected chi connectivity index (χ4v) is 4.24. The Balaban J connectivity index is 1.90. The van der Waals surface area contributed by atoms with E-state index in [4.69, 9.17) is 0 Å². The van der Waals surface area contributed by atoms with E-state index in [-0.39, 0.29) is 0 Å². The van der Waals surface area contributed by atoms with Gasteiger partial charge in [-0.2, -0.15) is 0 Å². The molecule has 3 fully saturated rings. The van der Waals surface area contributed by atoms with Crippen molar-refractivity contribution in [1.82, 2.24) is 0 Å². The first-order valence-corrected chi connectivity index (χ1v) is 5.88. The Hall–Kier alpha value is -0.330. The number of Topliss-reactive ketones (excluding diaryl/α,β-unsaturated/α-hetero) is 1. The molecule has 3 aliphatic rings. The SMILES string of the molecule is O=C1[C@H]2CCCCC23CCCC[C@H]13. The van der Waals surface area contributed by atoms with Gasteiger partial charge in [-0.3, -0.25) is 4.79 Å². The minimum Gasteiger partial charge on any atom is -0.299 e. The van der Waals surface area contributed by atoms with E-state index < -0.39 is 0 Å². The van der Waals surface area contributed by atoms with Gasteiger partial charge in [-0.15, -0.1) is 0 Å². The molecule has 0 saturated heterocycles. The monoisotopic (exact) mass is 178 g/mol. The lowest BCUT2D eigenvalue weighted by Crippen LogP contribution is -2.60. The third-order valence-electron chi connectivity index (χ3n) is 4.84. The van der Waals surface area contributed by atoms with Gasteiger partial charge in [0.25, 0.3) is 0 Å². The average Bonchev–Trinajstić information content (AvgIpc) is 2.17. The lowest BCUT2D eigenvalue weighted by molar-refractivity contribution is -0.168. The first-order valence-electron chi connectivity index (χ1n) is 5.88. The summed E-state index contributed by atoms with van der Waals surface area (Å²) in [5, 5.41) is 0. The molecule has 0 radical (unpaired) electrons. The molecule has 0 amide bonds. The minimum absolute atomic E-state index is 0.506. The van der Waals surface area contributed by atoms with Gasteiger partial charge in [-0.25, -0.2) is 0 Å². The molecule has 72 valence electrons. The molecule has 0 aromatic heterocycles. The maximum absolute atomic E-state index is 11.8. The number of ketones is 1. The maximum Gasteiger partial charge on any atom is 0.140 e. The van der Waals surface area contributed by atoms with Crippen LogP contribution in [-0.4, -0.2) is 5.78 Å². The van der Waals surface area contributed by atoms with E-state index in [9.17, 15) is 4.79 Å². The van der Waals surface area contributed by atoms with Crippen molar-refractivity contribution < 1.29 is 4.79 Å². The van der Waals surface area contributed by atoms with Crippen molar-refractivity contribution in [1.29, 1.82) is 0 Å². The zero-order valence-electron chi connectivity index (χ0n) is 8.22. The van der Waals surface area contributed by atoms with Crippen LogP contribution in [0.25, 0.3) is 0 Å². The van der Waals surface area contributed by atoms with E-state index in [0.29, 0.717) is 23.0 Å². The van der Waals surface area contributed by atoms with Crippen LogP contribution in [0.5, 0.6) is 0 Å². The molecule has 1 spiro atoms. The topological polar surface area (TPSA) is 17.1 Å². The van der Waals surface area contributed by atoms with Crippen LogP contribution in [0, 0.1) is 17.3 Å². The molecule has 0 aromatic rings. The third-order valence-corrected chi connectivity index (χ3v) is 4.84. The third kappa shape index (κ3) is 0.858. The van der Waals surface area contributed by atoms with Crippen molar-refractivity contribution in [2.45, 2.75) is 51.4 Å². The number of carbonyl (C=O) groups excluding carboxylic acids is 1. The molecule has 0 bridgehead atoms. The van der Waals surface area contributed by atoms with Crippen molar-refractivity contribution >= 4 is 5.78 Å². The second-order valence-corrected chi connectivity index (χ2v) is 5.23. The molecule has 3 saturated carbocycles. The molecule has 0 unspecified atom stereocenters. The molecule has 13 heavy (non-hydrogen) atoms. The molecule has 0 aromatic carbocycles. The highest BCUT2D eigenvalue weighted by atomic mass is 16.1. The molecule has 3 rings (SSSR count). The van der Waals surface area contributed by atoms with Gasteiger partial charge in [-0.1, -0.05) is 25.7 Å². The predicted molar refractivity (Wildman–Crippen MR) is 51.4 cm³/mol. The molecule has 2 atom stereocenters. The summed E-state index contributed by atoms with van der Waals surface area (Å²) in [7, 11) is 0. The largest absolute Gasteiger partial charge is 0.299 e. The van der Waals surface area contributed by atoms with Gasteiger partial charge in [0.1, 0.15) is 5.78 Å². The molecular weight excluding hydrogens is 160 g/mol. The minimum atomic E-state index is 0.506. The summed E-state index contributed by atoms with van der Waals surface area (Å²) in [6.45, 7) is 0. The quantitative estimate of drug-likeness (QED) is 0.557. The normalized spacial score (nSPS) is 49.1. The smallest absolute Gasteiger partial charge is 0.140 e. The molecule has 1 heteroatoms.